The number of pyridine rings is 1. The summed E-state index contributed by atoms with van der Waals surface area (Å²) in [4.78, 5) is 0. The molecule has 4 heterocycles. The van der Waals surface area contributed by atoms with E-state index in [0.717, 1.165) is 6.20 Å². The molecule has 0 aliphatic rings. The van der Waals surface area contributed by atoms with Crippen LogP contribution < -0.4 is 4.73 Å². The molecule has 10 nitrogen and oxygen atoms in total. The molecule has 0 amide bonds. The minimum Gasteiger partial charge on any atom is -0.618 e. The summed E-state index contributed by atoms with van der Waals surface area (Å²) in [6, 6.07) is 12.4. The summed E-state index contributed by atoms with van der Waals surface area (Å²) in [5, 5.41) is 32.6. The maximum absolute atomic E-state index is 15.3. The van der Waals surface area contributed by atoms with Gasteiger partial charge in [-0.1, -0.05) is 23.7 Å². The van der Waals surface area contributed by atoms with Gasteiger partial charge in [0, 0.05) is 30.4 Å². The lowest BCUT2D eigenvalue weighted by molar-refractivity contribution is -0.615. The molecule has 0 bridgehead atoms. The third kappa shape index (κ3) is 5.19. The van der Waals surface area contributed by atoms with E-state index in [0.29, 0.717) is 20.5 Å². The van der Waals surface area contributed by atoms with Crippen molar-refractivity contribution < 1.29 is 22.3 Å². The Morgan fingerprint density at radius 1 is 0.952 bits per heavy atom. The average Bonchev–Trinajstić information content (AvgIpc) is 3.76. The van der Waals surface area contributed by atoms with E-state index in [1.165, 1.54) is 64.5 Å². The Labute approximate surface area is 239 Å². The van der Waals surface area contributed by atoms with Gasteiger partial charge in [-0.25, -0.2) is 13.5 Å². The zero-order chi connectivity index (χ0) is 29.4. The first-order valence-corrected chi connectivity index (χ1v) is 12.7. The van der Waals surface area contributed by atoms with Crippen molar-refractivity contribution in [3.63, 3.8) is 0 Å². The van der Waals surface area contributed by atoms with Crippen LogP contribution >= 0.6 is 11.6 Å². The smallest absolute Gasteiger partial charge is 0.333 e. The normalized spacial score (nSPS) is 12.2. The Balaban J connectivity index is 1.42. The minimum absolute atomic E-state index is 0.0111. The molecule has 0 aliphatic heterocycles. The Bertz CT molecular complexity index is 1860. The highest BCUT2D eigenvalue weighted by Crippen LogP contribution is 2.34. The predicted octanol–water partition coefficient (Wildman–Crippen LogP) is 5.18. The molecule has 0 saturated heterocycles. The van der Waals surface area contributed by atoms with Crippen LogP contribution in [0.15, 0.2) is 85.7 Å². The van der Waals surface area contributed by atoms with Crippen LogP contribution in [0.1, 0.15) is 23.8 Å². The van der Waals surface area contributed by atoms with Crippen molar-refractivity contribution in [3.05, 3.63) is 119 Å². The lowest BCUT2D eigenvalue weighted by Gasteiger charge is -2.18. The maximum Gasteiger partial charge on any atom is 0.333 e. The van der Waals surface area contributed by atoms with Gasteiger partial charge in [-0.05, 0) is 52.4 Å². The van der Waals surface area contributed by atoms with Crippen LogP contribution in [0, 0.1) is 16.8 Å². The fraction of sp³-hybridized carbons (Fsp3) is 0.111. The molecule has 0 aliphatic carbocycles. The van der Waals surface area contributed by atoms with Crippen molar-refractivity contribution in [1.82, 2.24) is 39.8 Å². The van der Waals surface area contributed by atoms with Crippen molar-refractivity contribution >= 4 is 11.6 Å². The summed E-state index contributed by atoms with van der Waals surface area (Å²) < 4.78 is 58.8. The van der Waals surface area contributed by atoms with E-state index in [2.05, 4.69) is 25.7 Å². The van der Waals surface area contributed by atoms with Crippen LogP contribution in [0.4, 0.5) is 17.6 Å². The highest BCUT2D eigenvalue weighted by Gasteiger charge is 2.26. The van der Waals surface area contributed by atoms with Gasteiger partial charge in [0.05, 0.1) is 33.7 Å². The number of halogens is 5. The Hall–Kier alpha value is -5.11. The number of tetrazole rings is 1. The van der Waals surface area contributed by atoms with Gasteiger partial charge in [0.15, 0.2) is 12.0 Å². The van der Waals surface area contributed by atoms with E-state index in [4.69, 9.17) is 11.6 Å². The molecule has 0 spiro atoms. The second kappa shape index (κ2) is 11.0. The SMILES string of the molecule is [O-][n+]1cc(-c2c(-n3cnnn3)ccc(Cl)c2F)ccc1[C@H](Cc1ccc(F)cc1)n1cc(-c2ccn(C(F)F)n2)cn1. The van der Waals surface area contributed by atoms with E-state index >= 15 is 4.39 Å². The van der Waals surface area contributed by atoms with Crippen molar-refractivity contribution in [2.45, 2.75) is 19.0 Å². The summed E-state index contributed by atoms with van der Waals surface area (Å²) in [5.41, 5.74) is 2.11. The Morgan fingerprint density at radius 3 is 2.45 bits per heavy atom. The lowest BCUT2D eigenvalue weighted by atomic mass is 10.00. The largest absolute Gasteiger partial charge is 0.618 e. The number of hydrogen-bond acceptors (Lipinski definition) is 6. The van der Waals surface area contributed by atoms with Crippen molar-refractivity contribution in [1.29, 1.82) is 0 Å². The van der Waals surface area contributed by atoms with Gasteiger partial charge in [0.2, 0.25) is 5.69 Å². The van der Waals surface area contributed by atoms with Gasteiger partial charge >= 0.3 is 6.55 Å². The zero-order valence-electron chi connectivity index (χ0n) is 21.3. The number of rotatable bonds is 8. The minimum atomic E-state index is -2.80. The fourth-order valence-electron chi connectivity index (χ4n) is 4.59. The van der Waals surface area contributed by atoms with E-state index in [1.807, 2.05) is 0 Å². The van der Waals surface area contributed by atoms with Gasteiger partial charge in [-0.3, -0.25) is 4.68 Å². The molecular weight excluding hydrogens is 578 g/mol. The summed E-state index contributed by atoms with van der Waals surface area (Å²) in [7, 11) is 0. The summed E-state index contributed by atoms with van der Waals surface area (Å²) in [6.07, 6.45) is 6.87. The van der Waals surface area contributed by atoms with Crippen LogP contribution in [-0.2, 0) is 6.42 Å². The molecule has 0 fully saturated rings. The monoisotopic (exact) mass is 595 g/mol. The molecule has 212 valence electrons. The first-order chi connectivity index (χ1) is 20.3. The lowest BCUT2D eigenvalue weighted by Crippen LogP contribution is -2.36. The third-order valence-electron chi connectivity index (χ3n) is 6.61. The van der Waals surface area contributed by atoms with Crippen molar-refractivity contribution in [3.8, 4) is 28.1 Å². The van der Waals surface area contributed by atoms with E-state index in [-0.39, 0.29) is 39.6 Å². The van der Waals surface area contributed by atoms with E-state index in [9.17, 15) is 18.4 Å². The van der Waals surface area contributed by atoms with Crippen LogP contribution in [0.2, 0.25) is 5.02 Å². The number of alkyl halides is 2. The second-order valence-corrected chi connectivity index (χ2v) is 9.60. The summed E-state index contributed by atoms with van der Waals surface area (Å²) >= 11 is 6.06. The van der Waals surface area contributed by atoms with Crippen LogP contribution in [-0.4, -0.2) is 39.8 Å². The second-order valence-electron chi connectivity index (χ2n) is 9.19. The molecule has 0 unspecified atom stereocenters. The molecule has 42 heavy (non-hydrogen) atoms. The number of hydrogen-bond donors (Lipinski definition) is 0. The summed E-state index contributed by atoms with van der Waals surface area (Å²) in [6.45, 7) is -2.80. The quantitative estimate of drug-likeness (QED) is 0.136. The molecule has 2 aromatic carbocycles. The average molecular weight is 596 g/mol. The predicted molar refractivity (Wildman–Crippen MR) is 141 cm³/mol. The topological polar surface area (TPSA) is 106 Å². The van der Waals surface area contributed by atoms with Gasteiger partial charge in [0.1, 0.15) is 18.2 Å². The standard InChI is InChI=1S/C27H18ClF4N9O/c28-20-6-8-23(40-15-33-36-37-40)25(26(20)30)17-3-7-22(41(42)14-17)24(11-16-1-4-19(29)5-2-16)39-13-18(12-34-39)21-9-10-38(35-21)27(31)32/h1-10,12-15,24,27H,11H2/t24-/m0/s1. The van der Waals surface area contributed by atoms with Gasteiger partial charge in [-0.2, -0.15) is 28.4 Å². The molecule has 4 aromatic heterocycles. The molecule has 0 radical (unpaired) electrons. The Morgan fingerprint density at radius 2 is 1.76 bits per heavy atom. The molecule has 0 N–H and O–H groups in total. The maximum atomic E-state index is 15.3. The molecule has 1 atom stereocenters. The highest BCUT2D eigenvalue weighted by molar-refractivity contribution is 6.31. The first-order valence-electron chi connectivity index (χ1n) is 12.4. The molecule has 0 saturated carbocycles. The Kier molecular flexibility index (Phi) is 7.12. The van der Waals surface area contributed by atoms with Gasteiger partial charge < -0.3 is 5.21 Å². The molecular formula is C27H18ClF4N9O. The molecule has 6 aromatic rings. The first kappa shape index (κ1) is 27.1. The number of aromatic nitrogens is 9. The van der Waals surface area contributed by atoms with Crippen LogP contribution in [0.25, 0.3) is 28.1 Å². The zero-order valence-corrected chi connectivity index (χ0v) is 22.0. The van der Waals surface area contributed by atoms with E-state index in [1.54, 1.807) is 24.4 Å². The number of benzene rings is 2. The van der Waals surface area contributed by atoms with Crippen LogP contribution in [0.3, 0.4) is 0 Å². The van der Waals surface area contributed by atoms with E-state index < -0.39 is 24.2 Å². The van der Waals surface area contributed by atoms with Gasteiger partial charge in [-0.15, -0.1) is 5.10 Å². The molecule has 15 heteroatoms. The fourth-order valence-corrected chi connectivity index (χ4v) is 4.75. The van der Waals surface area contributed by atoms with Crippen molar-refractivity contribution in [2.75, 3.05) is 0 Å². The van der Waals surface area contributed by atoms with Crippen molar-refractivity contribution in [2.24, 2.45) is 0 Å². The number of nitrogens with zero attached hydrogens (tertiary/aromatic N) is 9. The molecule has 6 rings (SSSR count). The van der Waals surface area contributed by atoms with Crippen LogP contribution in [0.5, 0.6) is 0 Å². The highest BCUT2D eigenvalue weighted by atomic mass is 35.5. The summed E-state index contributed by atoms with van der Waals surface area (Å²) in [5.74, 6) is -1.18. The third-order valence-corrected chi connectivity index (χ3v) is 6.90. The van der Waals surface area contributed by atoms with Gasteiger partial charge in [0.25, 0.3) is 0 Å².